The maximum absolute atomic E-state index is 5.43. The van der Waals surface area contributed by atoms with E-state index in [9.17, 15) is 0 Å². The Bertz CT molecular complexity index is 251. The van der Waals surface area contributed by atoms with E-state index in [1.807, 2.05) is 0 Å². The summed E-state index contributed by atoms with van der Waals surface area (Å²) in [4.78, 5) is 2.49. The molecule has 1 fully saturated rings. The molecule has 0 radical (unpaired) electrons. The highest BCUT2D eigenvalue weighted by Gasteiger charge is 2.21. The van der Waals surface area contributed by atoms with Crippen molar-refractivity contribution in [1.29, 1.82) is 0 Å². The van der Waals surface area contributed by atoms with Gasteiger partial charge in [0.05, 0.1) is 0 Å². The molecule has 0 N–H and O–H groups in total. The summed E-state index contributed by atoms with van der Waals surface area (Å²) in [5.41, 5.74) is 2.51. The Morgan fingerprint density at radius 1 is 1.38 bits per heavy atom. The smallest absolute Gasteiger partial charge is 0.0485 e. The quantitative estimate of drug-likeness (QED) is 0.663. The molecule has 0 aromatic heterocycles. The Morgan fingerprint density at radius 2 is 2.00 bits per heavy atom. The second-order valence-electron chi connectivity index (χ2n) is 4.41. The molecule has 16 heavy (non-hydrogen) atoms. The van der Waals surface area contributed by atoms with Crippen LogP contribution >= 0.6 is 0 Å². The Labute approximate surface area is 100.0 Å². The van der Waals surface area contributed by atoms with Gasteiger partial charge >= 0.3 is 0 Å². The van der Waals surface area contributed by atoms with Gasteiger partial charge in [-0.15, -0.1) is 0 Å². The van der Waals surface area contributed by atoms with Gasteiger partial charge in [-0.3, -0.25) is 0 Å². The molecule has 0 aromatic carbocycles. The van der Waals surface area contributed by atoms with Gasteiger partial charge in [0.2, 0.25) is 0 Å². The maximum atomic E-state index is 5.43. The molecular weight excluding hydrogens is 198 g/mol. The Balaban J connectivity index is 2.76. The van der Waals surface area contributed by atoms with Crippen LogP contribution in [0.15, 0.2) is 23.9 Å². The SMILES string of the molecule is C=C(C)/C(=C\CC)N(CC)C1CCOCC1. The van der Waals surface area contributed by atoms with E-state index in [1.54, 1.807) is 0 Å². The molecule has 1 heterocycles. The van der Waals surface area contributed by atoms with E-state index < -0.39 is 0 Å². The van der Waals surface area contributed by atoms with Crippen LogP contribution in [0.2, 0.25) is 0 Å². The molecule has 1 saturated heterocycles. The third kappa shape index (κ3) is 3.38. The molecule has 0 amide bonds. The molecule has 0 bridgehead atoms. The number of nitrogens with zero attached hydrogens (tertiary/aromatic N) is 1. The van der Waals surface area contributed by atoms with E-state index in [0.717, 1.165) is 39.0 Å². The largest absolute Gasteiger partial charge is 0.381 e. The second-order valence-corrected chi connectivity index (χ2v) is 4.41. The molecule has 0 spiro atoms. The predicted molar refractivity (Wildman–Crippen MR) is 69.4 cm³/mol. The van der Waals surface area contributed by atoms with Gasteiger partial charge in [0.1, 0.15) is 0 Å². The number of hydrogen-bond acceptors (Lipinski definition) is 2. The fourth-order valence-electron chi connectivity index (χ4n) is 2.35. The lowest BCUT2D eigenvalue weighted by molar-refractivity contribution is 0.0477. The molecule has 2 heteroatoms. The lowest BCUT2D eigenvalue weighted by Crippen LogP contribution is -2.39. The monoisotopic (exact) mass is 223 g/mol. The van der Waals surface area contributed by atoms with Gasteiger partial charge in [-0.2, -0.15) is 0 Å². The zero-order valence-electron chi connectivity index (χ0n) is 11.0. The molecule has 2 nitrogen and oxygen atoms in total. The number of rotatable bonds is 5. The van der Waals surface area contributed by atoms with Gasteiger partial charge in [0.15, 0.2) is 0 Å². The van der Waals surface area contributed by atoms with E-state index >= 15 is 0 Å². The summed E-state index contributed by atoms with van der Waals surface area (Å²) < 4.78 is 5.43. The van der Waals surface area contributed by atoms with Gasteiger partial charge in [-0.05, 0) is 38.7 Å². The molecule has 0 unspecified atom stereocenters. The van der Waals surface area contributed by atoms with E-state index in [2.05, 4.69) is 38.3 Å². The minimum Gasteiger partial charge on any atom is -0.381 e. The highest BCUT2D eigenvalue weighted by molar-refractivity contribution is 5.25. The first kappa shape index (κ1) is 13.3. The third-order valence-corrected chi connectivity index (χ3v) is 3.12. The zero-order chi connectivity index (χ0) is 12.0. The standard InChI is InChI=1S/C14H25NO/c1-5-7-14(12(3)4)15(6-2)13-8-10-16-11-9-13/h7,13H,3,5-6,8-11H2,1-2,4H3/b14-7+. The van der Waals surface area contributed by atoms with Crippen molar-refractivity contribution in [3.63, 3.8) is 0 Å². The Morgan fingerprint density at radius 3 is 2.44 bits per heavy atom. The highest BCUT2D eigenvalue weighted by atomic mass is 16.5. The van der Waals surface area contributed by atoms with Crippen molar-refractivity contribution < 1.29 is 4.74 Å². The van der Waals surface area contributed by atoms with Gasteiger partial charge in [0.25, 0.3) is 0 Å². The zero-order valence-corrected chi connectivity index (χ0v) is 11.0. The van der Waals surface area contributed by atoms with Crippen LogP contribution in [-0.2, 0) is 4.74 Å². The molecule has 1 aliphatic rings. The summed E-state index contributed by atoms with van der Waals surface area (Å²) in [5.74, 6) is 0. The minimum atomic E-state index is 0.633. The van der Waals surface area contributed by atoms with Gasteiger partial charge in [-0.1, -0.05) is 19.6 Å². The molecule has 0 atom stereocenters. The van der Waals surface area contributed by atoms with E-state index in [0.29, 0.717) is 6.04 Å². The first-order chi connectivity index (χ1) is 7.70. The Hall–Kier alpha value is -0.760. The van der Waals surface area contributed by atoms with Crippen molar-refractivity contribution in [2.75, 3.05) is 19.8 Å². The van der Waals surface area contributed by atoms with Crippen LogP contribution in [0.3, 0.4) is 0 Å². The summed E-state index contributed by atoms with van der Waals surface area (Å²) >= 11 is 0. The molecule has 0 saturated carbocycles. The second kappa shape index (κ2) is 6.74. The summed E-state index contributed by atoms with van der Waals surface area (Å²) in [6.07, 6.45) is 5.65. The topological polar surface area (TPSA) is 12.5 Å². The van der Waals surface area contributed by atoms with Gasteiger partial charge < -0.3 is 9.64 Å². The van der Waals surface area contributed by atoms with E-state index in [1.165, 1.54) is 11.3 Å². The van der Waals surface area contributed by atoms with Crippen molar-refractivity contribution >= 4 is 0 Å². The number of hydrogen-bond donors (Lipinski definition) is 0. The maximum Gasteiger partial charge on any atom is 0.0485 e. The van der Waals surface area contributed by atoms with Crippen molar-refractivity contribution in [3.05, 3.63) is 23.9 Å². The fourth-order valence-corrected chi connectivity index (χ4v) is 2.35. The molecule has 0 aromatic rings. The minimum absolute atomic E-state index is 0.633. The van der Waals surface area contributed by atoms with Crippen LogP contribution in [0.5, 0.6) is 0 Å². The summed E-state index contributed by atoms with van der Waals surface area (Å²) in [6.45, 7) is 13.5. The van der Waals surface area contributed by atoms with E-state index in [-0.39, 0.29) is 0 Å². The molecule has 0 aliphatic carbocycles. The van der Waals surface area contributed by atoms with E-state index in [4.69, 9.17) is 4.74 Å². The van der Waals surface area contributed by atoms with Crippen LogP contribution in [0.4, 0.5) is 0 Å². The number of allylic oxidation sites excluding steroid dienone is 2. The molecule has 1 aliphatic heterocycles. The van der Waals surface area contributed by atoms with Crippen LogP contribution in [0.25, 0.3) is 0 Å². The lowest BCUT2D eigenvalue weighted by atomic mass is 10.0. The summed E-state index contributed by atoms with van der Waals surface area (Å²) in [5, 5.41) is 0. The van der Waals surface area contributed by atoms with Crippen LogP contribution < -0.4 is 0 Å². The van der Waals surface area contributed by atoms with Gasteiger partial charge in [0, 0.05) is 31.5 Å². The van der Waals surface area contributed by atoms with Crippen molar-refractivity contribution in [3.8, 4) is 0 Å². The van der Waals surface area contributed by atoms with Crippen LogP contribution in [-0.4, -0.2) is 30.7 Å². The van der Waals surface area contributed by atoms with Crippen molar-refractivity contribution in [2.24, 2.45) is 0 Å². The number of likely N-dealkylation sites (N-methyl/N-ethyl adjacent to an activating group) is 1. The van der Waals surface area contributed by atoms with Crippen molar-refractivity contribution in [2.45, 2.75) is 46.1 Å². The Kier molecular flexibility index (Phi) is 5.61. The molecule has 1 rings (SSSR count). The molecule has 92 valence electrons. The van der Waals surface area contributed by atoms with Gasteiger partial charge in [-0.25, -0.2) is 0 Å². The molecular formula is C14H25NO. The lowest BCUT2D eigenvalue weighted by Gasteiger charge is -2.37. The number of ether oxygens (including phenoxy) is 1. The van der Waals surface area contributed by atoms with Crippen LogP contribution in [0.1, 0.15) is 40.0 Å². The predicted octanol–water partition coefficient (Wildman–Crippen LogP) is 3.36. The first-order valence-electron chi connectivity index (χ1n) is 6.41. The van der Waals surface area contributed by atoms with Crippen molar-refractivity contribution in [1.82, 2.24) is 4.90 Å². The summed E-state index contributed by atoms with van der Waals surface area (Å²) in [7, 11) is 0. The normalized spacial score (nSPS) is 18.6. The third-order valence-electron chi connectivity index (χ3n) is 3.12. The average Bonchev–Trinajstić information content (AvgIpc) is 2.30. The highest BCUT2D eigenvalue weighted by Crippen LogP contribution is 2.23. The fraction of sp³-hybridized carbons (Fsp3) is 0.714. The average molecular weight is 223 g/mol. The first-order valence-corrected chi connectivity index (χ1v) is 6.41. The van der Waals surface area contributed by atoms with Crippen LogP contribution in [0, 0.1) is 0 Å². The summed E-state index contributed by atoms with van der Waals surface area (Å²) in [6, 6.07) is 0.633.